The van der Waals surface area contributed by atoms with Gasteiger partial charge in [-0.3, -0.25) is 19.9 Å². The van der Waals surface area contributed by atoms with Crippen molar-refractivity contribution < 1.29 is 0 Å². The Morgan fingerprint density at radius 3 is 1.00 bits per heavy atom. The summed E-state index contributed by atoms with van der Waals surface area (Å²) in [6, 6.07) is 50.2. The summed E-state index contributed by atoms with van der Waals surface area (Å²) >= 11 is 0. The zero-order chi connectivity index (χ0) is 63.2. The molecule has 2 unspecified atom stereocenters. The summed E-state index contributed by atoms with van der Waals surface area (Å²) in [5.74, 6) is 0. The van der Waals surface area contributed by atoms with Crippen LogP contribution in [0.5, 0.6) is 0 Å². The number of hydrogen-bond acceptors (Lipinski definition) is 8. The first-order valence-electron chi connectivity index (χ1n) is 31.2. The fourth-order valence-electron chi connectivity index (χ4n) is 11.5. The van der Waals surface area contributed by atoms with Crippen molar-refractivity contribution in [3.05, 3.63) is 191 Å². The van der Waals surface area contributed by atoms with Crippen LogP contribution in [0.2, 0.25) is 0 Å². The largest absolute Gasteiger partial charge is 0.315 e. The lowest BCUT2D eigenvalue weighted by molar-refractivity contribution is 0.493. The number of benzene rings is 4. The van der Waals surface area contributed by atoms with Gasteiger partial charge in [-0.2, -0.15) is 0 Å². The number of pyridine rings is 3. The van der Waals surface area contributed by atoms with Crippen molar-refractivity contribution in [2.24, 2.45) is 15.8 Å². The van der Waals surface area contributed by atoms with Crippen molar-refractivity contribution in [1.82, 2.24) is 15.0 Å². The Labute approximate surface area is 518 Å². The SMILES string of the molecule is C=N/C(=C\C(=C/C(C)(C)C)N1c2cc(-c3ccccc3)ccc2N(c2cc(C(C)(C)C)nc(C(C)(C)C)c2)C1C1N(c2cc(C(C)(C)C)nc(C(C)(C)C)c2)c2ccc(-c3ccccc3)cc2N1c1cc(C(C)(C)C)nc(C(C)(C)C)c1)C(C)(C)C. The second kappa shape index (κ2) is 22.1. The summed E-state index contributed by atoms with van der Waals surface area (Å²) < 4.78 is 0. The molecule has 2 aliphatic heterocycles. The van der Waals surface area contributed by atoms with Gasteiger partial charge in [0.2, 0.25) is 0 Å². The Morgan fingerprint density at radius 2 is 0.686 bits per heavy atom. The first-order valence-corrected chi connectivity index (χ1v) is 31.2. The van der Waals surface area contributed by atoms with Gasteiger partial charge in [0.15, 0.2) is 12.3 Å². The van der Waals surface area contributed by atoms with E-state index < -0.39 is 12.3 Å². The van der Waals surface area contributed by atoms with Gasteiger partial charge in [0.05, 0.1) is 22.7 Å². The molecule has 3 aromatic heterocycles. The molecule has 0 saturated heterocycles. The molecule has 8 nitrogen and oxygen atoms in total. The van der Waals surface area contributed by atoms with Crippen molar-refractivity contribution in [3.63, 3.8) is 0 Å². The molecule has 0 spiro atoms. The van der Waals surface area contributed by atoms with E-state index in [1.807, 2.05) is 0 Å². The highest BCUT2D eigenvalue weighted by Crippen LogP contribution is 2.58. The van der Waals surface area contributed by atoms with Crippen LogP contribution in [-0.4, -0.2) is 34.0 Å². The normalized spacial score (nSPS) is 16.7. The number of hydrogen-bond donors (Lipinski definition) is 0. The van der Waals surface area contributed by atoms with Gasteiger partial charge < -0.3 is 19.6 Å². The molecule has 2 atom stereocenters. The molecule has 8 heteroatoms. The summed E-state index contributed by atoms with van der Waals surface area (Å²) in [6.45, 7) is 59.2. The Morgan fingerprint density at radius 1 is 0.372 bits per heavy atom. The van der Waals surface area contributed by atoms with Gasteiger partial charge in [0, 0.05) is 101 Å². The summed E-state index contributed by atoms with van der Waals surface area (Å²) in [5.41, 5.74) is 17.8. The maximum atomic E-state index is 5.58. The smallest absolute Gasteiger partial charge is 0.151 e. The lowest BCUT2D eigenvalue weighted by Gasteiger charge is -2.46. The number of fused-ring (bicyclic) bond motifs is 2. The summed E-state index contributed by atoms with van der Waals surface area (Å²) in [6.07, 6.45) is 3.73. The fourth-order valence-corrected chi connectivity index (χ4v) is 11.5. The van der Waals surface area contributed by atoms with Crippen LogP contribution in [0.15, 0.2) is 162 Å². The van der Waals surface area contributed by atoms with E-state index in [1.54, 1.807) is 0 Å². The van der Waals surface area contributed by atoms with Crippen molar-refractivity contribution >= 4 is 46.5 Å². The topological polar surface area (TPSA) is 64.0 Å². The maximum absolute atomic E-state index is 5.58. The van der Waals surface area contributed by atoms with E-state index in [2.05, 4.69) is 338 Å². The first-order chi connectivity index (χ1) is 39.6. The molecular formula is C78H100N8. The second-order valence-electron chi connectivity index (χ2n) is 32.6. The predicted octanol–water partition coefficient (Wildman–Crippen LogP) is 21.2. The van der Waals surface area contributed by atoms with Gasteiger partial charge in [-0.05, 0) is 101 Å². The van der Waals surface area contributed by atoms with E-state index in [1.165, 1.54) is 0 Å². The van der Waals surface area contributed by atoms with Crippen molar-refractivity contribution in [1.29, 1.82) is 0 Å². The third kappa shape index (κ3) is 13.0. The van der Waals surface area contributed by atoms with Crippen LogP contribution in [-0.2, 0) is 32.5 Å². The Hall–Kier alpha value is -7.32. The van der Waals surface area contributed by atoms with Crippen LogP contribution >= 0.6 is 0 Å². The Bertz CT molecular complexity index is 3620. The molecule has 0 N–H and O–H groups in total. The maximum Gasteiger partial charge on any atom is 0.151 e. The monoisotopic (exact) mass is 1150 g/mol. The number of anilines is 7. The molecule has 2 aliphatic rings. The minimum absolute atomic E-state index is 0.285. The Kier molecular flexibility index (Phi) is 16.3. The summed E-state index contributed by atoms with van der Waals surface area (Å²) in [5, 5.41) is 0. The second-order valence-corrected chi connectivity index (χ2v) is 32.6. The number of aromatic nitrogens is 3. The predicted molar refractivity (Wildman–Crippen MR) is 370 cm³/mol. The van der Waals surface area contributed by atoms with Gasteiger partial charge >= 0.3 is 0 Å². The van der Waals surface area contributed by atoms with Gasteiger partial charge in [0.25, 0.3) is 0 Å². The molecule has 0 aliphatic carbocycles. The zero-order valence-electron chi connectivity index (χ0n) is 56.8. The third-order valence-corrected chi connectivity index (χ3v) is 16.5. The molecule has 452 valence electrons. The molecule has 0 saturated carbocycles. The minimum Gasteiger partial charge on any atom is -0.315 e. The van der Waals surface area contributed by atoms with E-state index in [4.69, 9.17) is 19.9 Å². The van der Waals surface area contributed by atoms with E-state index in [0.717, 1.165) is 108 Å². The van der Waals surface area contributed by atoms with E-state index in [-0.39, 0.29) is 43.3 Å². The average Bonchev–Trinajstić information content (AvgIpc) is 1.56. The molecule has 7 aromatic rings. The van der Waals surface area contributed by atoms with Crippen LogP contribution in [0, 0.1) is 10.8 Å². The van der Waals surface area contributed by atoms with Gasteiger partial charge in [-0.1, -0.05) is 245 Å². The molecule has 5 heterocycles. The Balaban J connectivity index is 1.57. The average molecular weight is 1150 g/mol. The van der Waals surface area contributed by atoms with Crippen LogP contribution in [0.3, 0.4) is 0 Å². The highest BCUT2D eigenvalue weighted by Gasteiger charge is 2.53. The number of rotatable bonds is 9. The van der Waals surface area contributed by atoms with Crippen LogP contribution in [0.25, 0.3) is 22.3 Å². The van der Waals surface area contributed by atoms with Crippen molar-refractivity contribution in [2.45, 2.75) is 211 Å². The quantitative estimate of drug-likeness (QED) is 0.105. The highest BCUT2D eigenvalue weighted by molar-refractivity contribution is 5.96. The molecule has 0 amide bonds. The van der Waals surface area contributed by atoms with Gasteiger partial charge in [0.1, 0.15) is 0 Å². The van der Waals surface area contributed by atoms with Crippen LogP contribution in [0.4, 0.5) is 39.8 Å². The molecule has 0 radical (unpaired) electrons. The lowest BCUT2D eigenvalue weighted by atomic mass is 9.87. The molecule has 4 aromatic carbocycles. The summed E-state index contributed by atoms with van der Waals surface area (Å²) in [7, 11) is 0. The van der Waals surface area contributed by atoms with Crippen molar-refractivity contribution in [3.8, 4) is 22.3 Å². The van der Waals surface area contributed by atoms with E-state index >= 15 is 0 Å². The third-order valence-electron chi connectivity index (χ3n) is 16.5. The fraction of sp³-hybridized carbons (Fsp3) is 0.436. The number of aliphatic imine (C=N–C) groups is 1. The van der Waals surface area contributed by atoms with Crippen molar-refractivity contribution in [2.75, 3.05) is 19.6 Å². The lowest BCUT2D eigenvalue weighted by Crippen LogP contribution is -2.59. The van der Waals surface area contributed by atoms with E-state index in [0.29, 0.717) is 0 Å². The standard InChI is InChI=1S/C78H100N8/c1-71(2,3)49-57(48-62(79-25)72(4,5)6)86-61-41-53(51-34-30-27-31-35-51)37-39-59(61)84(55-44-65(75(13,14)15)81-66(45-55)76(16,17)18)70(86)69-83(54-42-63(73(7,8)9)80-64(43-54)74(10,11)12)58-38-36-52(50-32-28-26-29-33-50)40-60(58)85(69)56-46-67(77(19,20)21)82-68(47-56)78(22,23)24/h26-49,69-70H,25H2,1-24H3/b57-49+,62-48-. The molecular weight excluding hydrogens is 1050 g/mol. The zero-order valence-corrected chi connectivity index (χ0v) is 56.8. The first kappa shape index (κ1) is 63.2. The molecule has 0 fully saturated rings. The molecule has 9 rings (SSSR count). The molecule has 86 heavy (non-hydrogen) atoms. The van der Waals surface area contributed by atoms with Crippen LogP contribution in [0.1, 0.15) is 200 Å². The summed E-state index contributed by atoms with van der Waals surface area (Å²) in [4.78, 5) is 32.3. The minimum atomic E-state index is -0.531. The molecule has 0 bridgehead atoms. The van der Waals surface area contributed by atoms with Crippen LogP contribution < -0.4 is 19.6 Å². The van der Waals surface area contributed by atoms with Gasteiger partial charge in [-0.25, -0.2) is 0 Å². The number of nitrogens with zero attached hydrogens (tertiary/aromatic N) is 8. The highest BCUT2D eigenvalue weighted by atomic mass is 15.5. The number of allylic oxidation sites excluding steroid dienone is 3. The van der Waals surface area contributed by atoms with E-state index in [9.17, 15) is 0 Å². The van der Waals surface area contributed by atoms with Gasteiger partial charge in [-0.15, -0.1) is 0 Å².